The SMILES string of the molecule is C(=C\c1cc2sccc2s1)/c1ccc2c(c1)[n-]c1c2ccc2c1ccc1c3ccc(/C=C/c4cc5sccc5s4)cc3sc12.[Cs+]. The first-order valence-electron chi connectivity index (χ1n) is 14.3. The van der Waals surface area contributed by atoms with Crippen LogP contribution in [-0.4, -0.2) is 0 Å². The molecular formula is C38H20CsNS5. The van der Waals surface area contributed by atoms with E-state index in [4.69, 9.17) is 4.98 Å². The number of fused-ring (bicyclic) bond motifs is 11. The number of aromatic nitrogens is 1. The molecule has 4 aromatic carbocycles. The summed E-state index contributed by atoms with van der Waals surface area (Å²) in [5.41, 5.74) is 4.56. The molecule has 6 aromatic heterocycles. The van der Waals surface area contributed by atoms with Crippen LogP contribution in [-0.2, 0) is 0 Å². The molecule has 10 rings (SSSR count). The normalized spacial score (nSPS) is 12.5. The van der Waals surface area contributed by atoms with Crippen LogP contribution in [0.15, 0.2) is 95.7 Å². The minimum Gasteiger partial charge on any atom is -0.656 e. The van der Waals surface area contributed by atoms with Crippen LogP contribution in [0.5, 0.6) is 0 Å². The van der Waals surface area contributed by atoms with E-state index in [-0.39, 0.29) is 68.9 Å². The fourth-order valence-corrected chi connectivity index (χ4v) is 11.6. The van der Waals surface area contributed by atoms with Gasteiger partial charge in [0.05, 0.1) is 0 Å². The zero-order chi connectivity index (χ0) is 28.8. The Morgan fingerprint density at radius 1 is 0.444 bits per heavy atom. The third kappa shape index (κ3) is 5.00. The molecule has 0 N–H and O–H groups in total. The Morgan fingerprint density at radius 3 is 1.67 bits per heavy atom. The van der Waals surface area contributed by atoms with Gasteiger partial charge in [-0.15, -0.1) is 67.7 Å². The Bertz CT molecular complexity index is 2540. The van der Waals surface area contributed by atoms with E-state index >= 15 is 0 Å². The van der Waals surface area contributed by atoms with Gasteiger partial charge in [-0.1, -0.05) is 66.7 Å². The van der Waals surface area contributed by atoms with Gasteiger partial charge in [0, 0.05) is 48.7 Å². The second kappa shape index (κ2) is 11.6. The molecule has 0 saturated heterocycles. The standard InChI is InChI=1S/C38H20NS5.Cs/c1(5-23-19-35-32(42-23)13-15-40-35)21-3-7-25-27-9-12-30-28(37(27)39-31(25)17-21)10-11-29-26-8-4-22(18-34(26)44-38(29)30)2-6-24-20-36-33(43-24)14-16-41-36;/h1-20H;/q-1;+1/b5-1+,6-2+;. The van der Waals surface area contributed by atoms with E-state index in [0.717, 1.165) is 11.0 Å². The average Bonchev–Trinajstić information content (AvgIpc) is 3.87. The fourth-order valence-electron chi connectivity index (χ4n) is 6.26. The summed E-state index contributed by atoms with van der Waals surface area (Å²) in [6, 6.07) is 31.6. The van der Waals surface area contributed by atoms with Crippen molar-refractivity contribution in [1.82, 2.24) is 4.98 Å². The number of benzene rings is 4. The van der Waals surface area contributed by atoms with Crippen LogP contribution in [0.25, 0.3) is 95.9 Å². The minimum absolute atomic E-state index is 0. The molecule has 208 valence electrons. The maximum absolute atomic E-state index is 5.19. The first-order chi connectivity index (χ1) is 21.7. The molecule has 0 spiro atoms. The monoisotopic (exact) mass is 783 g/mol. The maximum atomic E-state index is 5.19. The van der Waals surface area contributed by atoms with Crippen LogP contribution in [0.3, 0.4) is 0 Å². The van der Waals surface area contributed by atoms with E-state index in [1.807, 2.05) is 45.3 Å². The summed E-state index contributed by atoms with van der Waals surface area (Å²) in [7, 11) is 0. The van der Waals surface area contributed by atoms with Crippen molar-refractivity contribution in [3.05, 3.63) is 117 Å². The summed E-state index contributed by atoms with van der Waals surface area (Å²) >= 11 is 9.20. The van der Waals surface area contributed by atoms with Crippen molar-refractivity contribution in [3.8, 4) is 0 Å². The van der Waals surface area contributed by atoms with Gasteiger partial charge in [-0.05, 0) is 85.9 Å². The number of hydrogen-bond acceptors (Lipinski definition) is 5. The average molecular weight is 784 g/mol. The molecule has 0 aliphatic carbocycles. The zero-order valence-corrected chi connectivity index (χ0v) is 34.4. The summed E-state index contributed by atoms with van der Waals surface area (Å²) in [6.45, 7) is 0. The molecule has 1 nitrogen and oxygen atoms in total. The van der Waals surface area contributed by atoms with Gasteiger partial charge in [-0.3, -0.25) is 0 Å². The van der Waals surface area contributed by atoms with Gasteiger partial charge in [0.2, 0.25) is 0 Å². The molecule has 0 bridgehead atoms. The second-order valence-corrected chi connectivity index (χ2v) is 16.2. The van der Waals surface area contributed by atoms with Gasteiger partial charge in [-0.2, -0.15) is 0 Å². The molecule has 0 amide bonds. The van der Waals surface area contributed by atoms with Crippen molar-refractivity contribution >= 4 is 153 Å². The van der Waals surface area contributed by atoms with Crippen LogP contribution in [0, 0.1) is 0 Å². The predicted molar refractivity (Wildman–Crippen MR) is 202 cm³/mol. The Morgan fingerprint density at radius 2 is 1.00 bits per heavy atom. The van der Waals surface area contributed by atoms with Crippen molar-refractivity contribution in [1.29, 1.82) is 0 Å². The van der Waals surface area contributed by atoms with E-state index in [1.165, 1.54) is 81.4 Å². The van der Waals surface area contributed by atoms with Crippen molar-refractivity contribution in [3.63, 3.8) is 0 Å². The Hall–Kier alpha value is -1.99. The van der Waals surface area contributed by atoms with Gasteiger partial charge < -0.3 is 4.98 Å². The molecule has 7 heteroatoms. The van der Waals surface area contributed by atoms with E-state index in [9.17, 15) is 0 Å². The quantitative estimate of drug-likeness (QED) is 0.173. The van der Waals surface area contributed by atoms with Crippen LogP contribution >= 0.6 is 56.7 Å². The third-order valence-corrected chi connectivity index (χ3v) is 13.7. The van der Waals surface area contributed by atoms with Crippen LogP contribution in [0.2, 0.25) is 0 Å². The number of nitrogens with zero attached hydrogens (tertiary/aromatic N) is 1. The Kier molecular flexibility index (Phi) is 7.53. The van der Waals surface area contributed by atoms with Crippen LogP contribution in [0.1, 0.15) is 20.9 Å². The summed E-state index contributed by atoms with van der Waals surface area (Å²) in [6.07, 6.45) is 8.92. The summed E-state index contributed by atoms with van der Waals surface area (Å²) in [4.78, 5) is 7.79. The summed E-state index contributed by atoms with van der Waals surface area (Å²) < 4.78 is 8.12. The molecule has 0 radical (unpaired) electrons. The molecule has 0 saturated carbocycles. The number of thiophene rings is 5. The molecule has 10 aromatic rings. The predicted octanol–water partition coefficient (Wildman–Crippen LogP) is 10.4. The van der Waals surface area contributed by atoms with Gasteiger partial charge in [0.25, 0.3) is 0 Å². The summed E-state index contributed by atoms with van der Waals surface area (Å²) in [5, 5.41) is 11.9. The molecule has 0 unspecified atom stereocenters. The van der Waals surface area contributed by atoms with Gasteiger partial charge >= 0.3 is 68.9 Å². The van der Waals surface area contributed by atoms with Crippen LogP contribution in [0.4, 0.5) is 0 Å². The smallest absolute Gasteiger partial charge is 0.656 e. The number of rotatable bonds is 4. The molecular weight excluding hydrogens is 764 g/mol. The van der Waals surface area contributed by atoms with Crippen molar-refractivity contribution in [2.45, 2.75) is 0 Å². The maximum Gasteiger partial charge on any atom is 1.00 e. The van der Waals surface area contributed by atoms with Crippen molar-refractivity contribution in [2.75, 3.05) is 0 Å². The fraction of sp³-hybridized carbons (Fsp3) is 0. The van der Waals surface area contributed by atoms with Gasteiger partial charge in [0.1, 0.15) is 0 Å². The first-order valence-corrected chi connectivity index (χ1v) is 18.5. The summed E-state index contributed by atoms with van der Waals surface area (Å²) in [5.74, 6) is 0. The largest absolute Gasteiger partial charge is 1.00 e. The van der Waals surface area contributed by atoms with Gasteiger partial charge in [0.15, 0.2) is 0 Å². The first kappa shape index (κ1) is 29.2. The molecule has 0 aliphatic heterocycles. The Balaban J connectivity index is 0.00000281. The van der Waals surface area contributed by atoms with Crippen LogP contribution < -0.4 is 73.9 Å². The zero-order valence-electron chi connectivity index (χ0n) is 24.0. The molecule has 0 atom stereocenters. The molecule has 45 heavy (non-hydrogen) atoms. The minimum atomic E-state index is 0. The third-order valence-electron chi connectivity index (χ3n) is 8.37. The van der Waals surface area contributed by atoms with E-state index < -0.39 is 0 Å². The molecule has 6 heterocycles. The van der Waals surface area contributed by atoms with E-state index in [0.29, 0.717) is 0 Å². The number of hydrogen-bond donors (Lipinski definition) is 0. The van der Waals surface area contributed by atoms with Crippen molar-refractivity contribution < 1.29 is 68.9 Å². The molecule has 0 aliphatic rings. The Labute approximate surface area is 337 Å². The second-order valence-electron chi connectivity index (χ2n) is 11.0. The van der Waals surface area contributed by atoms with E-state index in [1.54, 1.807) is 11.3 Å². The molecule has 0 fully saturated rings. The van der Waals surface area contributed by atoms with E-state index in [2.05, 4.69) is 120 Å². The van der Waals surface area contributed by atoms with Gasteiger partial charge in [-0.25, -0.2) is 0 Å². The van der Waals surface area contributed by atoms with Crippen molar-refractivity contribution in [2.24, 2.45) is 0 Å². The topological polar surface area (TPSA) is 14.1 Å².